The van der Waals surface area contributed by atoms with Crippen molar-refractivity contribution < 1.29 is 20.1 Å². The molecule has 1 rings (SSSR count). The maximum Gasteiger partial charge on any atom is 0.254 e. The summed E-state index contributed by atoms with van der Waals surface area (Å²) in [5.74, 6) is -0.829. The zero-order valence-electron chi connectivity index (χ0n) is 11.3. The second kappa shape index (κ2) is 6.99. The number of carbonyl (C=O) groups is 1. The van der Waals surface area contributed by atoms with Crippen molar-refractivity contribution in [2.75, 3.05) is 13.2 Å². The molecule has 1 aromatic carbocycles. The van der Waals surface area contributed by atoms with Crippen molar-refractivity contribution in [3.63, 3.8) is 0 Å². The molecule has 0 heterocycles. The van der Waals surface area contributed by atoms with E-state index in [0.29, 0.717) is 5.56 Å². The lowest BCUT2D eigenvalue weighted by molar-refractivity contribution is 0.0622. The second-order valence-corrected chi connectivity index (χ2v) is 4.40. The lowest BCUT2D eigenvalue weighted by Gasteiger charge is -2.30. The zero-order valence-corrected chi connectivity index (χ0v) is 11.3. The summed E-state index contributed by atoms with van der Waals surface area (Å²) in [7, 11) is 0. The van der Waals surface area contributed by atoms with Gasteiger partial charge in [-0.05, 0) is 31.0 Å². The van der Waals surface area contributed by atoms with Crippen LogP contribution < -0.4 is 0 Å². The summed E-state index contributed by atoms with van der Waals surface area (Å²) in [5.41, 5.74) is 0.302. The third-order valence-electron chi connectivity index (χ3n) is 3.21. The molecule has 0 aliphatic rings. The van der Waals surface area contributed by atoms with Crippen molar-refractivity contribution >= 4 is 5.91 Å². The Morgan fingerprint density at radius 3 is 2.32 bits per heavy atom. The summed E-state index contributed by atoms with van der Waals surface area (Å²) < 4.78 is 0. The Hall–Kier alpha value is -1.75. The SMILES string of the molecule is CCC(CC)N(CCO)C(=O)c1ccc(O)c(O)c1. The van der Waals surface area contributed by atoms with Gasteiger partial charge in [-0.1, -0.05) is 13.8 Å². The van der Waals surface area contributed by atoms with Crippen LogP contribution in [0, 0.1) is 0 Å². The van der Waals surface area contributed by atoms with Gasteiger partial charge in [-0.25, -0.2) is 0 Å². The van der Waals surface area contributed by atoms with E-state index in [4.69, 9.17) is 5.11 Å². The molecule has 0 radical (unpaired) electrons. The van der Waals surface area contributed by atoms with Crippen molar-refractivity contribution in [3.8, 4) is 11.5 Å². The Bertz CT molecular complexity index is 429. The third-order valence-corrected chi connectivity index (χ3v) is 3.21. The smallest absolute Gasteiger partial charge is 0.254 e. The fraction of sp³-hybridized carbons (Fsp3) is 0.500. The van der Waals surface area contributed by atoms with E-state index in [-0.39, 0.29) is 36.6 Å². The molecular weight excluding hydrogens is 246 g/mol. The third kappa shape index (κ3) is 3.61. The Balaban J connectivity index is 3.01. The number of aliphatic hydroxyl groups excluding tert-OH is 1. The van der Waals surface area contributed by atoms with E-state index in [1.54, 1.807) is 4.90 Å². The van der Waals surface area contributed by atoms with Crippen LogP contribution >= 0.6 is 0 Å². The summed E-state index contributed by atoms with van der Waals surface area (Å²) in [5, 5.41) is 27.8. The molecule has 0 atom stereocenters. The molecule has 5 heteroatoms. The van der Waals surface area contributed by atoms with Crippen LogP contribution in [0.1, 0.15) is 37.0 Å². The first-order valence-corrected chi connectivity index (χ1v) is 6.48. The van der Waals surface area contributed by atoms with E-state index >= 15 is 0 Å². The van der Waals surface area contributed by atoms with Gasteiger partial charge in [0.1, 0.15) is 0 Å². The van der Waals surface area contributed by atoms with Gasteiger partial charge < -0.3 is 20.2 Å². The first kappa shape index (κ1) is 15.3. The maximum atomic E-state index is 12.4. The van der Waals surface area contributed by atoms with E-state index in [0.717, 1.165) is 12.8 Å². The van der Waals surface area contributed by atoms with Crippen LogP contribution in [-0.4, -0.2) is 45.3 Å². The van der Waals surface area contributed by atoms with Gasteiger partial charge in [0.2, 0.25) is 0 Å². The number of phenols is 2. The molecule has 19 heavy (non-hydrogen) atoms. The van der Waals surface area contributed by atoms with E-state index in [2.05, 4.69) is 0 Å². The summed E-state index contributed by atoms with van der Waals surface area (Å²) in [6.45, 7) is 4.12. The van der Waals surface area contributed by atoms with E-state index in [1.807, 2.05) is 13.8 Å². The van der Waals surface area contributed by atoms with Gasteiger partial charge in [0.25, 0.3) is 5.91 Å². The fourth-order valence-corrected chi connectivity index (χ4v) is 2.11. The molecule has 0 saturated heterocycles. The molecule has 1 amide bonds. The molecule has 106 valence electrons. The summed E-state index contributed by atoms with van der Waals surface area (Å²) in [6, 6.07) is 4.04. The fourth-order valence-electron chi connectivity index (χ4n) is 2.11. The molecule has 0 bridgehead atoms. The van der Waals surface area contributed by atoms with Crippen molar-refractivity contribution in [1.82, 2.24) is 4.90 Å². The predicted octanol–water partition coefficient (Wildman–Crippen LogP) is 1.72. The largest absolute Gasteiger partial charge is 0.504 e. The normalized spacial score (nSPS) is 10.7. The number of amides is 1. The van der Waals surface area contributed by atoms with E-state index in [1.165, 1.54) is 18.2 Å². The van der Waals surface area contributed by atoms with Crippen LogP contribution in [0.5, 0.6) is 11.5 Å². The summed E-state index contributed by atoms with van der Waals surface area (Å²) in [6.07, 6.45) is 1.60. The average Bonchev–Trinajstić information content (AvgIpc) is 2.41. The molecule has 0 spiro atoms. The standard InChI is InChI=1S/C14H21NO4/c1-3-11(4-2)15(7-8-16)14(19)10-5-6-12(17)13(18)9-10/h5-6,9,11,16-18H,3-4,7-8H2,1-2H3. The van der Waals surface area contributed by atoms with Gasteiger partial charge in [-0.2, -0.15) is 0 Å². The Labute approximate surface area is 113 Å². The molecule has 5 nitrogen and oxygen atoms in total. The highest BCUT2D eigenvalue weighted by atomic mass is 16.3. The Kier molecular flexibility index (Phi) is 5.63. The van der Waals surface area contributed by atoms with Crippen molar-refractivity contribution in [2.45, 2.75) is 32.7 Å². The number of carbonyl (C=O) groups excluding carboxylic acids is 1. The number of nitrogens with zero attached hydrogens (tertiary/aromatic N) is 1. The number of hydrogen-bond donors (Lipinski definition) is 3. The van der Waals surface area contributed by atoms with Crippen LogP contribution in [-0.2, 0) is 0 Å². The molecule has 0 unspecified atom stereocenters. The van der Waals surface area contributed by atoms with Gasteiger partial charge in [0, 0.05) is 18.2 Å². The summed E-state index contributed by atoms with van der Waals surface area (Å²) >= 11 is 0. The molecule has 1 aromatic rings. The highest BCUT2D eigenvalue weighted by Crippen LogP contribution is 2.26. The van der Waals surface area contributed by atoms with Crippen LogP contribution in [0.4, 0.5) is 0 Å². The van der Waals surface area contributed by atoms with Crippen LogP contribution in [0.25, 0.3) is 0 Å². The zero-order chi connectivity index (χ0) is 14.4. The van der Waals surface area contributed by atoms with Gasteiger partial charge in [0.05, 0.1) is 6.61 Å². The minimum atomic E-state index is -0.320. The first-order chi connectivity index (χ1) is 9.04. The monoisotopic (exact) mass is 267 g/mol. The first-order valence-electron chi connectivity index (χ1n) is 6.48. The Morgan fingerprint density at radius 1 is 1.21 bits per heavy atom. The molecule has 3 N–H and O–H groups in total. The summed E-state index contributed by atoms with van der Waals surface area (Å²) in [4.78, 5) is 14.0. The van der Waals surface area contributed by atoms with Gasteiger partial charge in [0.15, 0.2) is 11.5 Å². The average molecular weight is 267 g/mol. The lowest BCUT2D eigenvalue weighted by Crippen LogP contribution is -2.41. The predicted molar refractivity (Wildman–Crippen MR) is 72.3 cm³/mol. The molecule has 0 saturated carbocycles. The number of benzene rings is 1. The maximum absolute atomic E-state index is 12.4. The number of hydrogen-bond acceptors (Lipinski definition) is 4. The van der Waals surface area contributed by atoms with Gasteiger partial charge >= 0.3 is 0 Å². The molecule has 0 fully saturated rings. The lowest BCUT2D eigenvalue weighted by atomic mass is 10.1. The highest BCUT2D eigenvalue weighted by Gasteiger charge is 2.22. The second-order valence-electron chi connectivity index (χ2n) is 4.40. The number of rotatable bonds is 6. The topological polar surface area (TPSA) is 81.0 Å². The van der Waals surface area contributed by atoms with Crippen LogP contribution in [0.3, 0.4) is 0 Å². The van der Waals surface area contributed by atoms with Crippen LogP contribution in [0.2, 0.25) is 0 Å². The Morgan fingerprint density at radius 2 is 1.84 bits per heavy atom. The molecule has 0 aliphatic carbocycles. The van der Waals surface area contributed by atoms with Gasteiger partial charge in [-0.15, -0.1) is 0 Å². The van der Waals surface area contributed by atoms with E-state index < -0.39 is 0 Å². The van der Waals surface area contributed by atoms with Crippen molar-refractivity contribution in [2.24, 2.45) is 0 Å². The number of aliphatic hydroxyl groups is 1. The quantitative estimate of drug-likeness (QED) is 0.685. The van der Waals surface area contributed by atoms with E-state index in [9.17, 15) is 15.0 Å². The molecule has 0 aromatic heterocycles. The van der Waals surface area contributed by atoms with Crippen LogP contribution in [0.15, 0.2) is 18.2 Å². The molecule has 0 aliphatic heterocycles. The minimum absolute atomic E-state index is 0.0515. The molecular formula is C14H21NO4. The minimum Gasteiger partial charge on any atom is -0.504 e. The van der Waals surface area contributed by atoms with Gasteiger partial charge in [-0.3, -0.25) is 4.79 Å². The van der Waals surface area contributed by atoms with Crippen molar-refractivity contribution in [3.05, 3.63) is 23.8 Å². The number of phenolic OH excluding ortho intramolecular Hbond substituents is 2. The van der Waals surface area contributed by atoms with Crippen molar-refractivity contribution in [1.29, 1.82) is 0 Å². The number of aromatic hydroxyl groups is 2. The highest BCUT2D eigenvalue weighted by molar-refractivity contribution is 5.95.